The van der Waals surface area contributed by atoms with Crippen molar-refractivity contribution in [3.05, 3.63) is 218 Å². The van der Waals surface area contributed by atoms with Gasteiger partial charge in [0.25, 0.3) is 0 Å². The molecule has 0 atom stereocenters. The highest BCUT2D eigenvalue weighted by molar-refractivity contribution is 6.11. The molecule has 0 saturated carbocycles. The normalized spacial score (nSPS) is 11.7. The zero-order valence-corrected chi connectivity index (χ0v) is 32.6. The highest BCUT2D eigenvalue weighted by Crippen LogP contribution is 2.39. The first kappa shape index (κ1) is 34.0. The second-order valence-electron chi connectivity index (χ2n) is 15.4. The molecule has 9 aromatic carbocycles. The van der Waals surface area contributed by atoms with Gasteiger partial charge in [-0.15, -0.1) is 0 Å². The molecule has 280 valence electrons. The van der Waals surface area contributed by atoms with Crippen LogP contribution in [0.3, 0.4) is 0 Å². The maximum absolute atomic E-state index is 5.48. The molecule has 0 radical (unpaired) electrons. The molecule has 0 bridgehead atoms. The largest absolute Gasteiger partial charge is 0.309 e. The molecule has 0 N–H and O–H groups in total. The molecule has 60 heavy (non-hydrogen) atoms. The Morgan fingerprint density at radius 2 is 0.700 bits per heavy atom. The highest BCUT2D eigenvalue weighted by atomic mass is 15.0. The van der Waals surface area contributed by atoms with E-state index in [9.17, 15) is 0 Å². The fourth-order valence-corrected chi connectivity index (χ4v) is 9.15. The van der Waals surface area contributed by atoms with Crippen molar-refractivity contribution in [2.24, 2.45) is 0 Å². The van der Waals surface area contributed by atoms with Gasteiger partial charge in [-0.2, -0.15) is 0 Å². The lowest BCUT2D eigenvalue weighted by Crippen LogP contribution is -2.02. The van der Waals surface area contributed by atoms with Crippen LogP contribution in [0.5, 0.6) is 0 Å². The van der Waals surface area contributed by atoms with Crippen molar-refractivity contribution in [3.8, 4) is 56.4 Å². The van der Waals surface area contributed by atoms with E-state index in [1.54, 1.807) is 0 Å². The Labute approximate surface area is 346 Å². The second kappa shape index (κ2) is 13.8. The molecule has 0 unspecified atom stereocenters. The maximum atomic E-state index is 5.48. The minimum absolute atomic E-state index is 0.687. The van der Waals surface area contributed by atoms with Crippen LogP contribution in [0.15, 0.2) is 218 Å². The zero-order chi connectivity index (χ0) is 39.6. The minimum atomic E-state index is 0.687. The Morgan fingerprint density at radius 1 is 0.283 bits per heavy atom. The van der Waals surface area contributed by atoms with Crippen molar-refractivity contribution in [2.45, 2.75) is 0 Å². The minimum Gasteiger partial charge on any atom is -0.309 e. The summed E-state index contributed by atoms with van der Waals surface area (Å²) in [6.45, 7) is 0. The molecule has 0 amide bonds. The third-order valence-corrected chi connectivity index (χ3v) is 11.9. The Bertz CT molecular complexity index is 3350. The number of hydrogen-bond acceptors (Lipinski definition) is 2. The fraction of sp³-hybridized carbons (Fsp3) is 0. The number of benzene rings is 9. The average Bonchev–Trinajstić information content (AvgIpc) is 3.85. The summed E-state index contributed by atoms with van der Waals surface area (Å²) in [5.74, 6) is 0.687. The lowest BCUT2D eigenvalue weighted by molar-refractivity contribution is 1.13. The number of aromatic nitrogens is 4. The van der Waals surface area contributed by atoms with E-state index in [1.807, 2.05) is 0 Å². The Balaban J connectivity index is 1.15. The topological polar surface area (TPSA) is 35.6 Å². The number of rotatable bonds is 6. The lowest BCUT2D eigenvalue weighted by atomic mass is 10.0. The van der Waals surface area contributed by atoms with Gasteiger partial charge in [0.15, 0.2) is 5.82 Å². The van der Waals surface area contributed by atoms with Crippen molar-refractivity contribution >= 4 is 54.4 Å². The van der Waals surface area contributed by atoms with Crippen molar-refractivity contribution in [1.82, 2.24) is 19.1 Å². The first-order chi connectivity index (χ1) is 29.7. The van der Waals surface area contributed by atoms with Crippen molar-refractivity contribution in [1.29, 1.82) is 0 Å². The molecule has 0 spiro atoms. The van der Waals surface area contributed by atoms with Gasteiger partial charge in [-0.3, -0.25) is 0 Å². The average molecular weight is 765 g/mol. The third-order valence-electron chi connectivity index (χ3n) is 11.9. The van der Waals surface area contributed by atoms with Gasteiger partial charge >= 0.3 is 0 Å². The summed E-state index contributed by atoms with van der Waals surface area (Å²) in [5.41, 5.74) is 13.8. The summed E-state index contributed by atoms with van der Waals surface area (Å²) >= 11 is 0. The number of para-hydroxylation sites is 4. The van der Waals surface area contributed by atoms with Crippen LogP contribution in [-0.2, 0) is 0 Å². The molecule has 12 aromatic rings. The smallest absolute Gasteiger partial charge is 0.161 e. The molecule has 0 aliphatic carbocycles. The van der Waals surface area contributed by atoms with Crippen LogP contribution in [0.25, 0.3) is 111 Å². The molecule has 4 nitrogen and oxygen atoms in total. The monoisotopic (exact) mass is 764 g/mol. The van der Waals surface area contributed by atoms with Crippen molar-refractivity contribution in [2.75, 3.05) is 0 Å². The predicted molar refractivity (Wildman–Crippen MR) is 250 cm³/mol. The van der Waals surface area contributed by atoms with E-state index in [4.69, 9.17) is 9.97 Å². The predicted octanol–water partition coefficient (Wildman–Crippen LogP) is 14.5. The van der Waals surface area contributed by atoms with Crippen LogP contribution in [0.1, 0.15) is 0 Å². The van der Waals surface area contributed by atoms with Gasteiger partial charge in [0.2, 0.25) is 0 Å². The highest BCUT2D eigenvalue weighted by Gasteiger charge is 2.19. The van der Waals surface area contributed by atoms with Crippen LogP contribution in [0.2, 0.25) is 0 Å². The molecule has 0 aliphatic rings. The van der Waals surface area contributed by atoms with Crippen LogP contribution in [0, 0.1) is 0 Å². The summed E-state index contributed by atoms with van der Waals surface area (Å²) < 4.78 is 4.81. The molecule has 0 aliphatic heterocycles. The number of hydrogen-bond donors (Lipinski definition) is 0. The van der Waals surface area contributed by atoms with Crippen LogP contribution >= 0.6 is 0 Å². The molecular formula is C56H36N4. The standard InChI is InChI=1S/C56H36N4/c1-2-15-37(16-3-1)38-29-31-40(32-30-38)50-36-51(58-56(57-50)49-24-14-18-39-17-4-5-19-44(39)49)41-33-42(59-52-25-10-6-20-45(52)46-21-7-11-26-53(46)59)35-43(34-41)60-54-27-12-8-22-47(54)48-23-9-13-28-55(48)60/h1-36H. The first-order valence-electron chi connectivity index (χ1n) is 20.4. The van der Waals surface area contributed by atoms with Gasteiger partial charge in [0.1, 0.15) is 0 Å². The quantitative estimate of drug-likeness (QED) is 0.169. The second-order valence-corrected chi connectivity index (χ2v) is 15.4. The SMILES string of the molecule is c1ccc(-c2ccc(-c3cc(-c4cc(-n5c6ccccc6c6ccccc65)cc(-n5c6ccccc6c6ccccc65)c4)nc(-c4cccc5ccccc45)n3)cc2)cc1. The zero-order valence-electron chi connectivity index (χ0n) is 32.6. The summed E-state index contributed by atoms with van der Waals surface area (Å²) in [5, 5.41) is 7.15. The van der Waals surface area contributed by atoms with Crippen LogP contribution < -0.4 is 0 Å². The van der Waals surface area contributed by atoms with E-state index in [0.29, 0.717) is 5.82 Å². The van der Waals surface area contributed by atoms with Crippen LogP contribution in [-0.4, -0.2) is 19.1 Å². The van der Waals surface area contributed by atoms with Gasteiger partial charge < -0.3 is 9.13 Å². The maximum Gasteiger partial charge on any atom is 0.161 e. The van der Waals surface area contributed by atoms with Crippen molar-refractivity contribution in [3.63, 3.8) is 0 Å². The fourth-order valence-electron chi connectivity index (χ4n) is 9.15. The van der Waals surface area contributed by atoms with E-state index >= 15 is 0 Å². The molecule has 0 fully saturated rings. The van der Waals surface area contributed by atoms with E-state index in [1.165, 1.54) is 27.1 Å². The molecule has 0 saturated heterocycles. The summed E-state index contributed by atoms with van der Waals surface area (Å²) in [6.07, 6.45) is 0. The lowest BCUT2D eigenvalue weighted by Gasteiger charge is -2.17. The molecule has 3 heterocycles. The molecule has 4 heteroatoms. The number of nitrogens with zero attached hydrogens (tertiary/aromatic N) is 4. The van der Waals surface area contributed by atoms with Gasteiger partial charge in [-0.25, -0.2) is 9.97 Å². The summed E-state index contributed by atoms with van der Waals surface area (Å²) in [4.78, 5) is 10.8. The molecular weight excluding hydrogens is 729 g/mol. The Kier molecular flexibility index (Phi) is 7.82. The first-order valence-corrected chi connectivity index (χ1v) is 20.4. The molecule has 12 rings (SSSR count). The van der Waals surface area contributed by atoms with E-state index in [2.05, 4.69) is 228 Å². The van der Waals surface area contributed by atoms with Gasteiger partial charge in [-0.1, -0.05) is 170 Å². The Morgan fingerprint density at radius 3 is 1.25 bits per heavy atom. The summed E-state index contributed by atoms with van der Waals surface area (Å²) in [6, 6.07) is 78.0. The van der Waals surface area contributed by atoms with E-state index in [-0.39, 0.29) is 0 Å². The Hall–Kier alpha value is -8.08. The van der Waals surface area contributed by atoms with Gasteiger partial charge in [0, 0.05) is 49.6 Å². The van der Waals surface area contributed by atoms with Gasteiger partial charge in [0.05, 0.1) is 33.5 Å². The van der Waals surface area contributed by atoms with E-state index < -0.39 is 0 Å². The molecule has 3 aromatic heterocycles. The van der Waals surface area contributed by atoms with Crippen molar-refractivity contribution < 1.29 is 0 Å². The third kappa shape index (κ3) is 5.53. The summed E-state index contributed by atoms with van der Waals surface area (Å²) in [7, 11) is 0. The number of fused-ring (bicyclic) bond motifs is 7. The van der Waals surface area contributed by atoms with E-state index in [0.717, 1.165) is 77.9 Å². The van der Waals surface area contributed by atoms with Crippen LogP contribution in [0.4, 0.5) is 0 Å². The van der Waals surface area contributed by atoms with Gasteiger partial charge in [-0.05, 0) is 70.4 Å².